The minimum Gasteiger partial charge on any atom is -0.492 e. The summed E-state index contributed by atoms with van der Waals surface area (Å²) in [4.78, 5) is 13.1. The van der Waals surface area contributed by atoms with E-state index in [1.807, 2.05) is 37.3 Å². The van der Waals surface area contributed by atoms with Crippen molar-refractivity contribution in [3.8, 4) is 28.8 Å². The van der Waals surface area contributed by atoms with Crippen LogP contribution in [0.3, 0.4) is 0 Å². The highest BCUT2D eigenvalue weighted by atomic mass is 35.5. The Morgan fingerprint density at radius 3 is 2.61 bits per heavy atom. The average Bonchev–Trinajstić information content (AvgIpc) is 3.43. The van der Waals surface area contributed by atoms with Crippen molar-refractivity contribution in [2.75, 3.05) is 6.61 Å². The molecule has 1 saturated carbocycles. The predicted molar refractivity (Wildman–Crippen MR) is 120 cm³/mol. The summed E-state index contributed by atoms with van der Waals surface area (Å²) >= 11 is 5.96. The van der Waals surface area contributed by atoms with Gasteiger partial charge in [-0.3, -0.25) is 9.36 Å². The molecule has 2 aromatic carbocycles. The van der Waals surface area contributed by atoms with Crippen LogP contribution in [0.2, 0.25) is 5.02 Å². The summed E-state index contributed by atoms with van der Waals surface area (Å²) in [5.74, 6) is 1.35. The van der Waals surface area contributed by atoms with Gasteiger partial charge >= 0.3 is 0 Å². The van der Waals surface area contributed by atoms with E-state index < -0.39 is 0 Å². The smallest absolute Gasteiger partial charge is 0.266 e. The lowest BCUT2D eigenvalue weighted by Crippen LogP contribution is -2.17. The van der Waals surface area contributed by atoms with Crippen LogP contribution in [0.1, 0.15) is 18.4 Å². The molecule has 154 valence electrons. The van der Waals surface area contributed by atoms with E-state index in [2.05, 4.69) is 6.07 Å². The summed E-state index contributed by atoms with van der Waals surface area (Å²) in [7, 11) is 0. The molecule has 6 heteroatoms. The fraction of sp³-hybridized carbons (Fsp3) is 0.200. The second-order valence-corrected chi connectivity index (χ2v) is 8.45. The van der Waals surface area contributed by atoms with Gasteiger partial charge in [0.2, 0.25) is 0 Å². The van der Waals surface area contributed by atoms with E-state index in [4.69, 9.17) is 20.8 Å². The van der Waals surface area contributed by atoms with E-state index in [0.717, 1.165) is 35.4 Å². The molecule has 5 nitrogen and oxygen atoms in total. The number of hydrogen-bond acceptors (Lipinski definition) is 4. The number of aromatic nitrogens is 1. The first kappa shape index (κ1) is 19.5. The first-order chi connectivity index (χ1) is 15.0. The van der Waals surface area contributed by atoms with Gasteiger partial charge in [-0.1, -0.05) is 11.6 Å². The van der Waals surface area contributed by atoms with E-state index in [1.54, 1.807) is 35.0 Å². The highest BCUT2D eigenvalue weighted by Gasteiger charge is 2.44. The van der Waals surface area contributed by atoms with Crippen LogP contribution >= 0.6 is 11.6 Å². The fourth-order valence-electron chi connectivity index (χ4n) is 3.60. The Kier molecular flexibility index (Phi) is 4.60. The van der Waals surface area contributed by atoms with Crippen LogP contribution in [0.4, 0.5) is 0 Å². The molecule has 0 radical (unpaired) electrons. The summed E-state index contributed by atoms with van der Waals surface area (Å²) < 4.78 is 13.4. The van der Waals surface area contributed by atoms with E-state index >= 15 is 0 Å². The Morgan fingerprint density at radius 2 is 1.94 bits per heavy atom. The minimum atomic E-state index is -0.323. The van der Waals surface area contributed by atoms with Gasteiger partial charge in [0.1, 0.15) is 23.7 Å². The first-order valence-corrected chi connectivity index (χ1v) is 10.4. The Morgan fingerprint density at radius 1 is 1.16 bits per heavy atom. The highest BCUT2D eigenvalue weighted by molar-refractivity contribution is 6.30. The Hall–Kier alpha value is -3.49. The Bertz CT molecular complexity index is 1390. The van der Waals surface area contributed by atoms with Gasteiger partial charge in [-0.15, -0.1) is 0 Å². The number of aryl methyl sites for hydroxylation is 1. The van der Waals surface area contributed by atoms with Crippen molar-refractivity contribution < 1.29 is 9.15 Å². The van der Waals surface area contributed by atoms with Crippen molar-refractivity contribution in [1.29, 1.82) is 5.26 Å². The summed E-state index contributed by atoms with van der Waals surface area (Å²) in [6, 6.07) is 18.8. The van der Waals surface area contributed by atoms with Gasteiger partial charge in [-0.2, -0.15) is 5.26 Å². The molecule has 0 amide bonds. The number of nitriles is 1. The molecule has 0 spiro atoms. The van der Waals surface area contributed by atoms with Crippen LogP contribution in [-0.4, -0.2) is 11.2 Å². The number of nitrogens with zero attached hydrogens (tertiary/aromatic N) is 2. The molecule has 2 aromatic heterocycles. The van der Waals surface area contributed by atoms with Crippen molar-refractivity contribution in [3.05, 3.63) is 81.7 Å². The number of ether oxygens (including phenoxy) is 1. The molecule has 1 aliphatic rings. The molecule has 2 heterocycles. The summed E-state index contributed by atoms with van der Waals surface area (Å²) in [6.45, 7) is 2.34. The molecule has 31 heavy (non-hydrogen) atoms. The number of hydrogen-bond donors (Lipinski definition) is 0. The quantitative estimate of drug-likeness (QED) is 0.395. The fourth-order valence-corrected chi connectivity index (χ4v) is 3.72. The standard InChI is InChI=1S/C25H19ClN2O3/c1-16-12-19(6-7-21(16)30-15-25(14-27)9-10-25)28-11-8-22-20(24(28)29)13-23(31-22)17-2-4-18(26)5-3-17/h2-8,11-13H,9-10,15H2,1H3. The van der Waals surface area contributed by atoms with E-state index in [1.165, 1.54) is 0 Å². The Labute approximate surface area is 184 Å². The van der Waals surface area contributed by atoms with Gasteiger partial charge < -0.3 is 9.15 Å². The lowest BCUT2D eigenvalue weighted by molar-refractivity contribution is 0.267. The van der Waals surface area contributed by atoms with Crippen LogP contribution in [0.5, 0.6) is 5.75 Å². The third-order valence-electron chi connectivity index (χ3n) is 5.75. The second kappa shape index (κ2) is 7.33. The normalized spacial score (nSPS) is 14.4. The molecule has 0 saturated heterocycles. The minimum absolute atomic E-state index is 0.157. The van der Waals surface area contributed by atoms with Crippen molar-refractivity contribution in [2.24, 2.45) is 5.41 Å². The molecule has 0 aliphatic heterocycles. The van der Waals surface area contributed by atoms with Crippen molar-refractivity contribution >= 4 is 22.6 Å². The van der Waals surface area contributed by atoms with E-state index in [9.17, 15) is 10.1 Å². The number of fused-ring (bicyclic) bond motifs is 1. The monoisotopic (exact) mass is 430 g/mol. The van der Waals surface area contributed by atoms with Crippen LogP contribution in [0.15, 0.2) is 70.0 Å². The van der Waals surface area contributed by atoms with Crippen LogP contribution < -0.4 is 10.3 Å². The zero-order valence-electron chi connectivity index (χ0n) is 16.9. The molecule has 1 aliphatic carbocycles. The molecule has 0 bridgehead atoms. The lowest BCUT2D eigenvalue weighted by Gasteiger charge is -2.13. The van der Waals surface area contributed by atoms with E-state index in [0.29, 0.717) is 28.4 Å². The zero-order valence-corrected chi connectivity index (χ0v) is 17.6. The summed E-state index contributed by atoms with van der Waals surface area (Å²) in [6.07, 6.45) is 3.49. The van der Waals surface area contributed by atoms with Gasteiger partial charge in [0.25, 0.3) is 5.56 Å². The average molecular weight is 431 g/mol. The molecule has 1 fully saturated rings. The maximum absolute atomic E-state index is 13.1. The number of halogens is 1. The predicted octanol–water partition coefficient (Wildman–Crippen LogP) is 5.90. The molecule has 0 unspecified atom stereocenters. The maximum atomic E-state index is 13.1. The number of furan rings is 1. The zero-order chi connectivity index (χ0) is 21.6. The maximum Gasteiger partial charge on any atom is 0.266 e. The number of benzene rings is 2. The van der Waals surface area contributed by atoms with Crippen molar-refractivity contribution in [3.63, 3.8) is 0 Å². The van der Waals surface area contributed by atoms with Crippen LogP contribution in [0.25, 0.3) is 28.0 Å². The largest absolute Gasteiger partial charge is 0.492 e. The second-order valence-electron chi connectivity index (χ2n) is 8.02. The topological polar surface area (TPSA) is 68.2 Å². The SMILES string of the molecule is Cc1cc(-n2ccc3oc(-c4ccc(Cl)cc4)cc3c2=O)ccc1OCC1(C#N)CC1. The van der Waals surface area contributed by atoms with Gasteiger partial charge in [0.15, 0.2) is 0 Å². The lowest BCUT2D eigenvalue weighted by atomic mass is 10.1. The molecular formula is C25H19ClN2O3. The Balaban J connectivity index is 1.46. The number of rotatable bonds is 5. The first-order valence-electron chi connectivity index (χ1n) is 10.0. The van der Waals surface area contributed by atoms with Gasteiger partial charge in [-0.05, 0) is 79.9 Å². The van der Waals surface area contributed by atoms with Crippen molar-refractivity contribution in [2.45, 2.75) is 19.8 Å². The third-order valence-corrected chi connectivity index (χ3v) is 6.00. The van der Waals surface area contributed by atoms with Gasteiger partial charge in [0, 0.05) is 22.5 Å². The molecule has 0 atom stereocenters. The van der Waals surface area contributed by atoms with Crippen molar-refractivity contribution in [1.82, 2.24) is 4.57 Å². The molecule has 0 N–H and O–H groups in total. The van der Waals surface area contributed by atoms with Gasteiger partial charge in [0.05, 0.1) is 16.9 Å². The van der Waals surface area contributed by atoms with Crippen LogP contribution in [-0.2, 0) is 0 Å². The van der Waals surface area contributed by atoms with Crippen LogP contribution in [0, 0.1) is 23.7 Å². The molecule has 5 rings (SSSR count). The summed E-state index contributed by atoms with van der Waals surface area (Å²) in [5, 5.41) is 10.4. The third kappa shape index (κ3) is 3.60. The number of pyridine rings is 1. The molecular weight excluding hydrogens is 412 g/mol. The van der Waals surface area contributed by atoms with E-state index in [-0.39, 0.29) is 11.0 Å². The molecule has 4 aromatic rings. The summed E-state index contributed by atoms with van der Waals surface area (Å²) in [5.41, 5.74) is 2.57. The highest BCUT2D eigenvalue weighted by Crippen LogP contribution is 2.45. The van der Waals surface area contributed by atoms with Gasteiger partial charge in [-0.25, -0.2) is 0 Å².